The van der Waals surface area contributed by atoms with Gasteiger partial charge in [0.25, 0.3) is 5.91 Å². The Kier molecular flexibility index (Phi) is 6.88. The van der Waals surface area contributed by atoms with Gasteiger partial charge in [0, 0.05) is 19.6 Å². The van der Waals surface area contributed by atoms with Crippen LogP contribution >= 0.6 is 0 Å². The van der Waals surface area contributed by atoms with E-state index in [1.54, 1.807) is 36.3 Å². The molecule has 1 aromatic rings. The van der Waals surface area contributed by atoms with E-state index < -0.39 is 6.04 Å². The molecule has 0 saturated carbocycles. The van der Waals surface area contributed by atoms with Gasteiger partial charge in [0.05, 0.1) is 12.8 Å². The van der Waals surface area contributed by atoms with Gasteiger partial charge in [0.15, 0.2) is 0 Å². The minimum Gasteiger partial charge on any atom is -0.497 e. The summed E-state index contributed by atoms with van der Waals surface area (Å²) in [7, 11) is 5.49. The number of benzene rings is 1. The molecule has 1 atom stereocenters. The van der Waals surface area contributed by atoms with E-state index in [9.17, 15) is 9.59 Å². The monoisotopic (exact) mass is 349 g/mol. The molecule has 0 aliphatic carbocycles. The third-order valence-electron chi connectivity index (χ3n) is 4.07. The highest BCUT2D eigenvalue weighted by Gasteiger charge is 2.33. The Labute approximate surface area is 148 Å². The van der Waals surface area contributed by atoms with Crippen LogP contribution in [0.2, 0.25) is 0 Å². The van der Waals surface area contributed by atoms with Gasteiger partial charge in [-0.15, -0.1) is 0 Å². The lowest BCUT2D eigenvalue weighted by molar-refractivity contribution is -0.124. The number of nitrogens with one attached hydrogen (secondary N) is 3. The van der Waals surface area contributed by atoms with Gasteiger partial charge in [-0.1, -0.05) is 0 Å². The van der Waals surface area contributed by atoms with Crippen molar-refractivity contribution >= 4 is 17.6 Å². The van der Waals surface area contributed by atoms with Crippen molar-refractivity contribution in [1.29, 1.82) is 0 Å². The first-order valence-electron chi connectivity index (χ1n) is 8.40. The molecule has 1 heterocycles. The fourth-order valence-corrected chi connectivity index (χ4v) is 2.66. The molecule has 8 heteroatoms. The topological polar surface area (TPSA) is 85.9 Å². The van der Waals surface area contributed by atoms with Crippen molar-refractivity contribution in [2.45, 2.75) is 18.9 Å². The number of hydrogen-bond acceptors (Lipinski definition) is 5. The van der Waals surface area contributed by atoms with Gasteiger partial charge in [0.2, 0.25) is 0 Å². The second-order valence-electron chi connectivity index (χ2n) is 6.23. The number of anilines is 1. The van der Waals surface area contributed by atoms with Gasteiger partial charge < -0.3 is 19.9 Å². The summed E-state index contributed by atoms with van der Waals surface area (Å²) in [5.74, 6) is 0.532. The molecule has 0 aromatic heterocycles. The van der Waals surface area contributed by atoms with Crippen LogP contribution in [0.1, 0.15) is 12.8 Å². The number of carbonyl (C=O) groups is 2. The van der Waals surface area contributed by atoms with Crippen molar-refractivity contribution in [3.63, 3.8) is 0 Å². The predicted octanol–water partition coefficient (Wildman–Crippen LogP) is 0.874. The van der Waals surface area contributed by atoms with Gasteiger partial charge >= 0.3 is 6.03 Å². The average molecular weight is 349 g/mol. The minimum atomic E-state index is -0.454. The summed E-state index contributed by atoms with van der Waals surface area (Å²) in [5.41, 5.74) is 6.29. The number of urea groups is 1. The van der Waals surface area contributed by atoms with Crippen LogP contribution < -0.4 is 20.9 Å². The number of rotatable bonds is 7. The van der Waals surface area contributed by atoms with Crippen LogP contribution in [-0.4, -0.2) is 68.6 Å². The molecule has 3 amide bonds. The zero-order valence-electron chi connectivity index (χ0n) is 15.0. The molecule has 0 spiro atoms. The molecule has 1 unspecified atom stereocenters. The smallest absolute Gasteiger partial charge is 0.318 e. The number of carbonyl (C=O) groups excluding carboxylic acids is 2. The van der Waals surface area contributed by atoms with E-state index in [0.717, 1.165) is 24.4 Å². The van der Waals surface area contributed by atoms with Crippen LogP contribution in [0.3, 0.4) is 0 Å². The highest BCUT2D eigenvalue weighted by Crippen LogP contribution is 2.18. The molecule has 0 radical (unpaired) electrons. The summed E-state index contributed by atoms with van der Waals surface area (Å²) < 4.78 is 5.09. The van der Waals surface area contributed by atoms with E-state index >= 15 is 0 Å². The molecule has 25 heavy (non-hydrogen) atoms. The number of likely N-dealkylation sites (tertiary alicyclic amines) is 1. The Bertz CT molecular complexity index is 576. The molecule has 8 nitrogen and oxygen atoms in total. The van der Waals surface area contributed by atoms with Crippen LogP contribution in [0.25, 0.3) is 0 Å². The summed E-state index contributed by atoms with van der Waals surface area (Å²) >= 11 is 0. The highest BCUT2D eigenvalue weighted by molar-refractivity contribution is 5.88. The summed E-state index contributed by atoms with van der Waals surface area (Å²) in [5, 5.41) is 2.86. The van der Waals surface area contributed by atoms with Crippen LogP contribution in [-0.2, 0) is 4.79 Å². The van der Waals surface area contributed by atoms with E-state index in [1.807, 2.05) is 19.0 Å². The second-order valence-corrected chi connectivity index (χ2v) is 6.23. The Morgan fingerprint density at radius 3 is 2.64 bits per heavy atom. The third kappa shape index (κ3) is 5.53. The quantitative estimate of drug-likeness (QED) is 0.636. The summed E-state index contributed by atoms with van der Waals surface area (Å²) in [6, 6.07) is 6.57. The number of likely N-dealkylation sites (N-methyl/N-ethyl adjacent to an activating group) is 1. The van der Waals surface area contributed by atoms with E-state index in [0.29, 0.717) is 19.5 Å². The number of hydrogen-bond donors (Lipinski definition) is 3. The number of hydrazine groups is 1. The molecule has 1 saturated heterocycles. The van der Waals surface area contributed by atoms with Gasteiger partial charge in [0.1, 0.15) is 11.8 Å². The Morgan fingerprint density at radius 1 is 1.28 bits per heavy atom. The lowest BCUT2D eigenvalue weighted by atomic mass is 10.2. The maximum Gasteiger partial charge on any atom is 0.318 e. The second kappa shape index (κ2) is 9.12. The molecule has 1 aromatic carbocycles. The zero-order chi connectivity index (χ0) is 18.2. The van der Waals surface area contributed by atoms with Crippen molar-refractivity contribution in [3.8, 4) is 5.75 Å². The molecule has 0 bridgehead atoms. The van der Waals surface area contributed by atoms with Gasteiger partial charge in [-0.05, 0) is 51.2 Å². The molecule has 138 valence electrons. The first kappa shape index (κ1) is 18.9. The maximum atomic E-state index is 12.4. The Morgan fingerprint density at radius 2 is 2.00 bits per heavy atom. The molecule has 2 rings (SSSR count). The SMILES string of the molecule is COc1ccc(NNC(=O)C2CCCN2C(=O)NCCN(C)C)cc1. The summed E-state index contributed by atoms with van der Waals surface area (Å²) in [6.07, 6.45) is 1.49. The van der Waals surface area contributed by atoms with Crippen LogP contribution in [0.5, 0.6) is 5.75 Å². The lowest BCUT2D eigenvalue weighted by Crippen LogP contribution is -2.51. The number of methoxy groups -OCH3 is 1. The average Bonchev–Trinajstić information content (AvgIpc) is 3.09. The number of ether oxygens (including phenoxy) is 1. The Hall–Kier alpha value is -2.48. The Balaban J connectivity index is 1.83. The minimum absolute atomic E-state index is 0.191. The maximum absolute atomic E-state index is 12.4. The van der Waals surface area contributed by atoms with E-state index in [-0.39, 0.29) is 11.9 Å². The van der Waals surface area contributed by atoms with Crippen LogP contribution in [0.15, 0.2) is 24.3 Å². The van der Waals surface area contributed by atoms with Crippen molar-refractivity contribution in [3.05, 3.63) is 24.3 Å². The van der Waals surface area contributed by atoms with Crippen LogP contribution in [0, 0.1) is 0 Å². The summed E-state index contributed by atoms with van der Waals surface area (Å²) in [6.45, 7) is 1.91. The van der Waals surface area contributed by atoms with Crippen molar-refractivity contribution in [1.82, 2.24) is 20.5 Å². The standard InChI is InChI=1S/C17H27N5O3/c1-21(2)12-10-18-17(24)22-11-4-5-15(22)16(23)20-19-13-6-8-14(25-3)9-7-13/h6-9,15,19H,4-5,10-12H2,1-3H3,(H,18,24)(H,20,23). The fraction of sp³-hybridized carbons (Fsp3) is 0.529. The summed E-state index contributed by atoms with van der Waals surface area (Å²) in [4.78, 5) is 28.3. The highest BCUT2D eigenvalue weighted by atomic mass is 16.5. The molecule has 1 fully saturated rings. The largest absolute Gasteiger partial charge is 0.497 e. The predicted molar refractivity (Wildman–Crippen MR) is 96.4 cm³/mol. The molecule has 3 N–H and O–H groups in total. The molecular weight excluding hydrogens is 322 g/mol. The van der Waals surface area contributed by atoms with E-state index in [4.69, 9.17) is 4.74 Å². The van der Waals surface area contributed by atoms with Gasteiger partial charge in [-0.2, -0.15) is 0 Å². The first-order chi connectivity index (χ1) is 12.0. The molecule has 1 aliphatic heterocycles. The third-order valence-corrected chi connectivity index (χ3v) is 4.07. The first-order valence-corrected chi connectivity index (χ1v) is 8.40. The lowest BCUT2D eigenvalue weighted by Gasteiger charge is -2.24. The van der Waals surface area contributed by atoms with Crippen LogP contribution in [0.4, 0.5) is 10.5 Å². The zero-order valence-corrected chi connectivity index (χ0v) is 15.0. The number of amides is 3. The fourth-order valence-electron chi connectivity index (χ4n) is 2.66. The van der Waals surface area contributed by atoms with E-state index in [1.165, 1.54) is 0 Å². The van der Waals surface area contributed by atoms with Crippen molar-refractivity contribution in [2.75, 3.05) is 46.3 Å². The van der Waals surface area contributed by atoms with E-state index in [2.05, 4.69) is 16.2 Å². The molecular formula is C17H27N5O3. The normalized spacial score (nSPS) is 16.6. The van der Waals surface area contributed by atoms with Gasteiger partial charge in [-0.25, -0.2) is 4.79 Å². The molecule has 1 aliphatic rings. The van der Waals surface area contributed by atoms with Crippen molar-refractivity contribution in [2.24, 2.45) is 0 Å². The van der Waals surface area contributed by atoms with Crippen molar-refractivity contribution < 1.29 is 14.3 Å². The number of nitrogens with zero attached hydrogens (tertiary/aromatic N) is 2. The van der Waals surface area contributed by atoms with Gasteiger partial charge in [-0.3, -0.25) is 15.6 Å².